The molecule has 3 N–H and O–H groups in total. The first-order chi connectivity index (χ1) is 13.0. The van der Waals surface area contributed by atoms with Crippen molar-refractivity contribution in [2.24, 2.45) is 0 Å². The average Bonchev–Trinajstić information content (AvgIpc) is 3.10. The number of amides is 2. The van der Waals surface area contributed by atoms with Crippen LogP contribution in [0.15, 0.2) is 30.3 Å². The van der Waals surface area contributed by atoms with Crippen molar-refractivity contribution in [2.75, 3.05) is 20.1 Å². The lowest BCUT2D eigenvalue weighted by Gasteiger charge is -2.17. The molecule has 0 unspecified atom stereocenters. The number of hydrogen-bond acceptors (Lipinski definition) is 3. The molecule has 2 amide bonds. The van der Waals surface area contributed by atoms with Crippen molar-refractivity contribution in [1.82, 2.24) is 20.4 Å². The molecule has 0 fully saturated rings. The molecular weight excluding hydrogens is 351 g/mol. The van der Waals surface area contributed by atoms with E-state index in [0.717, 1.165) is 42.6 Å². The van der Waals surface area contributed by atoms with Crippen LogP contribution in [0.2, 0.25) is 0 Å². The maximum absolute atomic E-state index is 13.0. The third-order valence-electron chi connectivity index (χ3n) is 4.17. The zero-order chi connectivity index (χ0) is 19.6. The Kier molecular flexibility index (Phi) is 7.79. The zero-order valence-electron chi connectivity index (χ0n) is 15.4. The summed E-state index contributed by atoms with van der Waals surface area (Å²) in [5.74, 6) is -1.20. The number of aryl methyl sites for hydroxylation is 1. The topological polar surface area (TPSA) is 98.3 Å². The van der Waals surface area contributed by atoms with E-state index in [9.17, 15) is 14.0 Å². The van der Waals surface area contributed by atoms with E-state index in [1.54, 1.807) is 24.1 Å². The second kappa shape index (κ2) is 10.3. The van der Waals surface area contributed by atoms with Crippen LogP contribution in [0.1, 0.15) is 31.4 Å². The van der Waals surface area contributed by atoms with Crippen LogP contribution in [0.4, 0.5) is 9.18 Å². The predicted molar refractivity (Wildman–Crippen MR) is 99.8 cm³/mol. The minimum atomic E-state index is -0.931. The number of hydrogen-bond donors (Lipinski definition) is 3. The van der Waals surface area contributed by atoms with E-state index in [0.29, 0.717) is 6.54 Å². The molecule has 7 nitrogen and oxygen atoms in total. The van der Waals surface area contributed by atoms with E-state index >= 15 is 0 Å². The van der Waals surface area contributed by atoms with E-state index in [1.165, 1.54) is 12.1 Å². The number of carboxylic acids is 1. The number of carbonyl (C=O) groups excluding carboxylic acids is 1. The Morgan fingerprint density at radius 3 is 2.67 bits per heavy atom. The van der Waals surface area contributed by atoms with Crippen LogP contribution in [0.5, 0.6) is 0 Å². The fraction of sp³-hybridized carbons (Fsp3) is 0.421. The molecule has 2 aromatic rings. The number of urea groups is 1. The van der Waals surface area contributed by atoms with Crippen molar-refractivity contribution in [3.8, 4) is 11.3 Å². The van der Waals surface area contributed by atoms with Gasteiger partial charge in [-0.3, -0.25) is 9.89 Å². The van der Waals surface area contributed by atoms with Crippen molar-refractivity contribution in [3.05, 3.63) is 41.8 Å². The minimum absolute atomic E-state index is 0.0797. The number of halogens is 1. The Labute approximate surface area is 157 Å². The molecular formula is C19H25FN4O3. The largest absolute Gasteiger partial charge is 0.481 e. The normalized spacial score (nSPS) is 10.6. The standard InChI is InChI=1S/C19H25FN4O3/c1-24(19(27)21-11-10-18(25)26)12-4-2-3-5-16-13-17(23-22-16)14-6-8-15(20)9-7-14/h6-9,13H,2-5,10-12H2,1H3,(H,21,27)(H,22,23)(H,25,26). The first-order valence-electron chi connectivity index (χ1n) is 8.96. The van der Waals surface area contributed by atoms with Crippen molar-refractivity contribution in [3.63, 3.8) is 0 Å². The van der Waals surface area contributed by atoms with E-state index < -0.39 is 5.97 Å². The number of benzene rings is 1. The summed E-state index contributed by atoms with van der Waals surface area (Å²) in [5.41, 5.74) is 2.69. The highest BCUT2D eigenvalue weighted by molar-refractivity contribution is 5.74. The highest BCUT2D eigenvalue weighted by Gasteiger charge is 2.08. The first-order valence-corrected chi connectivity index (χ1v) is 8.96. The van der Waals surface area contributed by atoms with Crippen LogP contribution in [0.25, 0.3) is 11.3 Å². The lowest BCUT2D eigenvalue weighted by Crippen LogP contribution is -2.38. The van der Waals surface area contributed by atoms with E-state index in [-0.39, 0.29) is 24.8 Å². The molecule has 0 bridgehead atoms. The van der Waals surface area contributed by atoms with Gasteiger partial charge in [-0.25, -0.2) is 9.18 Å². The molecule has 0 spiro atoms. The molecule has 1 aromatic heterocycles. The molecule has 1 heterocycles. The quantitative estimate of drug-likeness (QED) is 0.555. The molecule has 0 saturated heterocycles. The van der Waals surface area contributed by atoms with Crippen LogP contribution in [-0.2, 0) is 11.2 Å². The maximum Gasteiger partial charge on any atom is 0.317 e. The van der Waals surface area contributed by atoms with Gasteiger partial charge in [-0.05, 0) is 49.6 Å². The zero-order valence-corrected chi connectivity index (χ0v) is 15.4. The van der Waals surface area contributed by atoms with E-state index in [1.807, 2.05) is 6.07 Å². The summed E-state index contributed by atoms with van der Waals surface area (Å²) in [7, 11) is 1.69. The number of aliphatic carboxylic acids is 1. The van der Waals surface area contributed by atoms with Crippen molar-refractivity contribution < 1.29 is 19.1 Å². The van der Waals surface area contributed by atoms with Crippen LogP contribution in [0, 0.1) is 5.82 Å². The van der Waals surface area contributed by atoms with Gasteiger partial charge in [-0.1, -0.05) is 6.42 Å². The predicted octanol–water partition coefficient (Wildman–Crippen LogP) is 3.04. The van der Waals surface area contributed by atoms with E-state index in [4.69, 9.17) is 5.11 Å². The number of aromatic amines is 1. The first kappa shape index (κ1) is 20.4. The van der Waals surface area contributed by atoms with E-state index in [2.05, 4.69) is 15.5 Å². The van der Waals surface area contributed by atoms with Crippen LogP contribution in [-0.4, -0.2) is 52.3 Å². The summed E-state index contributed by atoms with van der Waals surface area (Å²) in [4.78, 5) is 23.7. The van der Waals surface area contributed by atoms with Crippen molar-refractivity contribution >= 4 is 12.0 Å². The summed E-state index contributed by atoms with van der Waals surface area (Å²) in [6.07, 6.45) is 3.55. The molecule has 2 rings (SSSR count). The number of aromatic nitrogens is 2. The summed E-state index contributed by atoms with van der Waals surface area (Å²) in [5, 5.41) is 18.4. The molecule has 27 heavy (non-hydrogen) atoms. The Balaban J connectivity index is 1.63. The van der Waals surface area contributed by atoms with Gasteiger partial charge in [0.05, 0.1) is 12.1 Å². The summed E-state index contributed by atoms with van der Waals surface area (Å²) in [6.45, 7) is 0.747. The minimum Gasteiger partial charge on any atom is -0.481 e. The Morgan fingerprint density at radius 2 is 1.96 bits per heavy atom. The number of carboxylic acid groups (broad SMARTS) is 1. The third kappa shape index (κ3) is 7.08. The fourth-order valence-corrected chi connectivity index (χ4v) is 2.61. The van der Waals surface area contributed by atoms with Gasteiger partial charge in [0.2, 0.25) is 0 Å². The number of H-pyrrole nitrogens is 1. The average molecular weight is 376 g/mol. The number of rotatable bonds is 10. The van der Waals surface area contributed by atoms with Gasteiger partial charge < -0.3 is 15.3 Å². The highest BCUT2D eigenvalue weighted by Crippen LogP contribution is 2.18. The summed E-state index contributed by atoms with van der Waals surface area (Å²) < 4.78 is 13.0. The summed E-state index contributed by atoms with van der Waals surface area (Å²) in [6, 6.07) is 7.94. The van der Waals surface area contributed by atoms with Crippen LogP contribution >= 0.6 is 0 Å². The molecule has 0 aliphatic rings. The van der Waals surface area contributed by atoms with Crippen LogP contribution < -0.4 is 5.32 Å². The molecule has 146 valence electrons. The second-order valence-electron chi connectivity index (χ2n) is 6.39. The SMILES string of the molecule is CN(CCCCCc1cc(-c2ccc(F)cc2)n[nH]1)C(=O)NCCC(=O)O. The van der Waals surface area contributed by atoms with Gasteiger partial charge in [-0.2, -0.15) is 5.10 Å². The lowest BCUT2D eigenvalue weighted by molar-refractivity contribution is -0.136. The van der Waals surface area contributed by atoms with Gasteiger partial charge in [-0.15, -0.1) is 0 Å². The van der Waals surface area contributed by atoms with Crippen molar-refractivity contribution in [1.29, 1.82) is 0 Å². The van der Waals surface area contributed by atoms with Crippen LogP contribution in [0.3, 0.4) is 0 Å². The number of carbonyl (C=O) groups is 2. The maximum atomic E-state index is 13.0. The molecule has 8 heteroatoms. The molecule has 0 atom stereocenters. The summed E-state index contributed by atoms with van der Waals surface area (Å²) >= 11 is 0. The van der Waals surface area contributed by atoms with Gasteiger partial charge in [0.15, 0.2) is 0 Å². The smallest absolute Gasteiger partial charge is 0.317 e. The molecule has 0 aliphatic heterocycles. The molecule has 0 aliphatic carbocycles. The number of nitrogens with one attached hydrogen (secondary N) is 2. The highest BCUT2D eigenvalue weighted by atomic mass is 19.1. The number of unbranched alkanes of at least 4 members (excludes halogenated alkanes) is 2. The second-order valence-corrected chi connectivity index (χ2v) is 6.39. The Morgan fingerprint density at radius 1 is 1.22 bits per heavy atom. The Bertz CT molecular complexity index is 746. The third-order valence-corrected chi connectivity index (χ3v) is 4.17. The van der Waals surface area contributed by atoms with Gasteiger partial charge >= 0.3 is 12.0 Å². The van der Waals surface area contributed by atoms with Crippen molar-refractivity contribution in [2.45, 2.75) is 32.1 Å². The molecule has 0 radical (unpaired) electrons. The Hall–Kier alpha value is -2.90. The molecule has 1 aromatic carbocycles. The molecule has 0 saturated carbocycles. The number of nitrogens with zero attached hydrogens (tertiary/aromatic N) is 2. The monoisotopic (exact) mass is 376 g/mol. The van der Waals surface area contributed by atoms with Gasteiger partial charge in [0, 0.05) is 31.4 Å². The lowest BCUT2D eigenvalue weighted by atomic mass is 10.1. The fourth-order valence-electron chi connectivity index (χ4n) is 2.61. The van der Waals surface area contributed by atoms with Gasteiger partial charge in [0.25, 0.3) is 0 Å². The van der Waals surface area contributed by atoms with Gasteiger partial charge in [0.1, 0.15) is 5.82 Å².